The molecule has 0 amide bonds. The van der Waals surface area contributed by atoms with Crippen molar-refractivity contribution in [1.82, 2.24) is 5.32 Å². The largest absolute Gasteiger partial charge is 0.309 e. The molecule has 1 nitrogen and oxygen atoms in total. The minimum Gasteiger partial charge on any atom is -0.309 e. The van der Waals surface area contributed by atoms with Crippen molar-refractivity contribution >= 4 is 27.3 Å². The van der Waals surface area contributed by atoms with Crippen LogP contribution in [0.25, 0.3) is 0 Å². The zero-order valence-corrected chi connectivity index (χ0v) is 13.8. The van der Waals surface area contributed by atoms with Gasteiger partial charge < -0.3 is 5.32 Å². The van der Waals surface area contributed by atoms with Gasteiger partial charge in [-0.25, -0.2) is 0 Å². The monoisotopic (exact) mass is 329 g/mol. The van der Waals surface area contributed by atoms with E-state index in [-0.39, 0.29) is 0 Å². The minimum atomic E-state index is 0.573. The van der Waals surface area contributed by atoms with E-state index in [4.69, 9.17) is 0 Å². The number of nitrogens with one attached hydrogen (secondary N) is 1. The summed E-state index contributed by atoms with van der Waals surface area (Å²) in [5.41, 5.74) is 0. The van der Waals surface area contributed by atoms with E-state index in [1.54, 1.807) is 0 Å². The van der Waals surface area contributed by atoms with E-state index < -0.39 is 0 Å². The Labute approximate surface area is 123 Å². The van der Waals surface area contributed by atoms with Gasteiger partial charge in [0.15, 0.2) is 0 Å². The van der Waals surface area contributed by atoms with Gasteiger partial charge in [0.1, 0.15) is 0 Å². The summed E-state index contributed by atoms with van der Waals surface area (Å²) in [4.78, 5) is 1.50. The number of thiophene rings is 1. The lowest BCUT2D eigenvalue weighted by Crippen LogP contribution is -2.30. The summed E-state index contributed by atoms with van der Waals surface area (Å²) in [7, 11) is 0. The van der Waals surface area contributed by atoms with E-state index in [1.807, 2.05) is 11.3 Å². The third-order valence-corrected chi connectivity index (χ3v) is 6.04. The summed E-state index contributed by atoms with van der Waals surface area (Å²) in [6.45, 7) is 5.62. The van der Waals surface area contributed by atoms with Crippen LogP contribution in [-0.4, -0.2) is 6.54 Å². The Kier molecular flexibility index (Phi) is 5.71. The fraction of sp³-hybridized carbons (Fsp3) is 0.733. The molecule has 18 heavy (non-hydrogen) atoms. The van der Waals surface area contributed by atoms with Gasteiger partial charge in [0, 0.05) is 20.8 Å². The van der Waals surface area contributed by atoms with Gasteiger partial charge in [-0.2, -0.15) is 0 Å². The first-order valence-electron chi connectivity index (χ1n) is 7.21. The lowest BCUT2D eigenvalue weighted by atomic mass is 9.77. The molecule has 1 atom stereocenters. The zero-order chi connectivity index (χ0) is 13.0. The molecule has 0 aliphatic heterocycles. The Balaban J connectivity index is 2.02. The molecule has 1 unspecified atom stereocenters. The summed E-state index contributed by atoms with van der Waals surface area (Å²) in [6, 6.07) is 2.87. The van der Waals surface area contributed by atoms with E-state index in [9.17, 15) is 0 Å². The molecule has 0 bridgehead atoms. The van der Waals surface area contributed by atoms with Crippen LogP contribution in [0.15, 0.2) is 15.9 Å². The second-order valence-electron chi connectivity index (χ2n) is 5.39. The van der Waals surface area contributed by atoms with Gasteiger partial charge >= 0.3 is 0 Å². The number of hydrogen-bond donors (Lipinski definition) is 1. The van der Waals surface area contributed by atoms with E-state index in [2.05, 4.69) is 46.5 Å². The molecule has 1 N–H and O–H groups in total. The Hall–Kier alpha value is 0.140. The minimum absolute atomic E-state index is 0.573. The van der Waals surface area contributed by atoms with Gasteiger partial charge in [0.05, 0.1) is 0 Å². The molecule has 3 heteroatoms. The zero-order valence-electron chi connectivity index (χ0n) is 11.4. The molecule has 1 aliphatic rings. The normalized spacial score (nSPS) is 26.2. The maximum absolute atomic E-state index is 3.70. The van der Waals surface area contributed by atoms with Crippen molar-refractivity contribution in [2.24, 2.45) is 11.8 Å². The first kappa shape index (κ1) is 14.5. The molecule has 1 saturated carbocycles. The molecule has 0 saturated heterocycles. The van der Waals surface area contributed by atoms with E-state index in [0.717, 1.165) is 18.4 Å². The van der Waals surface area contributed by atoms with Gasteiger partial charge in [-0.1, -0.05) is 33.1 Å². The smallest absolute Gasteiger partial charge is 0.0443 e. The number of hydrogen-bond acceptors (Lipinski definition) is 2. The van der Waals surface area contributed by atoms with Crippen LogP contribution in [0.4, 0.5) is 0 Å². The molecule has 0 radical (unpaired) electrons. The van der Waals surface area contributed by atoms with Crippen LogP contribution >= 0.6 is 27.3 Å². The third-order valence-electron chi connectivity index (χ3n) is 4.26. The van der Waals surface area contributed by atoms with Crippen LogP contribution < -0.4 is 5.32 Å². The van der Waals surface area contributed by atoms with Crippen molar-refractivity contribution in [2.75, 3.05) is 6.54 Å². The lowest BCUT2D eigenvalue weighted by molar-refractivity contribution is 0.222. The van der Waals surface area contributed by atoms with E-state index >= 15 is 0 Å². The van der Waals surface area contributed by atoms with Crippen molar-refractivity contribution in [3.8, 4) is 0 Å². The summed E-state index contributed by atoms with van der Waals surface area (Å²) in [5, 5.41) is 5.91. The molecular formula is C15H24BrNS. The van der Waals surface area contributed by atoms with Crippen molar-refractivity contribution < 1.29 is 0 Å². The summed E-state index contributed by atoms with van der Waals surface area (Å²) < 4.78 is 1.23. The predicted octanol–water partition coefficient (Wildman–Crippen LogP) is 5.38. The number of halogens is 1. The molecule has 102 valence electrons. The fourth-order valence-corrected chi connectivity index (χ4v) is 4.75. The highest BCUT2D eigenvalue weighted by Crippen LogP contribution is 2.40. The van der Waals surface area contributed by atoms with Crippen LogP contribution in [0.3, 0.4) is 0 Å². The summed E-state index contributed by atoms with van der Waals surface area (Å²) in [5.74, 6) is 1.82. The van der Waals surface area contributed by atoms with Crippen molar-refractivity contribution in [3.63, 3.8) is 0 Å². The Morgan fingerprint density at radius 2 is 2.06 bits per heavy atom. The Bertz CT molecular complexity index is 355. The highest BCUT2D eigenvalue weighted by atomic mass is 79.9. The molecule has 0 aromatic carbocycles. The lowest BCUT2D eigenvalue weighted by Gasteiger charge is -2.33. The maximum Gasteiger partial charge on any atom is 0.0443 e. The summed E-state index contributed by atoms with van der Waals surface area (Å²) >= 11 is 5.47. The standard InChI is InChI=1S/C15H24BrNS/c1-3-11-5-7-12(8-6-11)15(17-4-2)14-9-13(16)10-18-14/h9-12,15,17H,3-8H2,1-2H3. The third kappa shape index (κ3) is 3.58. The average Bonchev–Trinajstić information content (AvgIpc) is 2.82. The van der Waals surface area contributed by atoms with Gasteiger partial charge in [-0.05, 0) is 53.2 Å². The van der Waals surface area contributed by atoms with Gasteiger partial charge in [-0.3, -0.25) is 0 Å². The van der Waals surface area contributed by atoms with Crippen LogP contribution in [-0.2, 0) is 0 Å². The maximum atomic E-state index is 3.70. The van der Waals surface area contributed by atoms with Crippen molar-refractivity contribution in [1.29, 1.82) is 0 Å². The van der Waals surface area contributed by atoms with Gasteiger partial charge in [0.25, 0.3) is 0 Å². The second-order valence-corrected chi connectivity index (χ2v) is 7.25. The van der Waals surface area contributed by atoms with Gasteiger partial charge in [-0.15, -0.1) is 11.3 Å². The molecule has 1 aliphatic carbocycles. The van der Waals surface area contributed by atoms with Crippen LogP contribution in [0.2, 0.25) is 0 Å². The highest BCUT2D eigenvalue weighted by molar-refractivity contribution is 9.10. The highest BCUT2D eigenvalue weighted by Gasteiger charge is 2.28. The molecule has 1 heterocycles. The van der Waals surface area contributed by atoms with Crippen molar-refractivity contribution in [3.05, 3.63) is 20.8 Å². The average molecular weight is 330 g/mol. The summed E-state index contributed by atoms with van der Waals surface area (Å²) in [6.07, 6.45) is 7.01. The second kappa shape index (κ2) is 7.06. The SMILES string of the molecule is CCNC(c1cc(Br)cs1)C1CCC(CC)CC1. The molecular weight excluding hydrogens is 306 g/mol. The fourth-order valence-electron chi connectivity index (χ4n) is 3.14. The molecule has 0 spiro atoms. The predicted molar refractivity (Wildman–Crippen MR) is 84.2 cm³/mol. The molecule has 1 fully saturated rings. The molecule has 1 aromatic heterocycles. The topological polar surface area (TPSA) is 12.0 Å². The van der Waals surface area contributed by atoms with Crippen LogP contribution in [0.5, 0.6) is 0 Å². The quantitative estimate of drug-likeness (QED) is 0.764. The number of rotatable bonds is 5. The van der Waals surface area contributed by atoms with E-state index in [0.29, 0.717) is 6.04 Å². The Morgan fingerprint density at radius 3 is 2.56 bits per heavy atom. The first-order chi connectivity index (χ1) is 8.74. The van der Waals surface area contributed by atoms with Crippen LogP contribution in [0.1, 0.15) is 56.9 Å². The van der Waals surface area contributed by atoms with E-state index in [1.165, 1.54) is 41.5 Å². The van der Waals surface area contributed by atoms with Crippen molar-refractivity contribution in [2.45, 2.75) is 52.0 Å². The van der Waals surface area contributed by atoms with Gasteiger partial charge in [0.2, 0.25) is 0 Å². The Morgan fingerprint density at radius 1 is 1.33 bits per heavy atom. The molecule has 2 rings (SSSR count). The molecule has 1 aromatic rings. The first-order valence-corrected chi connectivity index (χ1v) is 8.89. The van der Waals surface area contributed by atoms with Crippen LogP contribution in [0, 0.1) is 11.8 Å².